The van der Waals surface area contributed by atoms with E-state index in [1.54, 1.807) is 17.5 Å². The van der Waals surface area contributed by atoms with Gasteiger partial charge in [-0.05, 0) is 48.9 Å². The average Bonchev–Trinajstić information content (AvgIpc) is 3.03. The summed E-state index contributed by atoms with van der Waals surface area (Å²) in [6.07, 6.45) is 3.65. The monoisotopic (exact) mass is 315 g/mol. The smallest absolute Gasteiger partial charge is 0.318 e. The molecule has 0 unspecified atom stereocenters. The Morgan fingerprint density at radius 1 is 1.50 bits per heavy atom. The van der Waals surface area contributed by atoms with Crippen LogP contribution in [0, 0.1) is 0 Å². The number of urea groups is 1. The van der Waals surface area contributed by atoms with Gasteiger partial charge in [-0.1, -0.05) is 13.0 Å². The Balaban J connectivity index is 1.72. The minimum Gasteiger partial charge on any atom is -0.330 e. The number of hydrogen-bond acceptors (Lipinski definition) is 3. The van der Waals surface area contributed by atoms with Gasteiger partial charge in [0.25, 0.3) is 0 Å². The lowest BCUT2D eigenvalue weighted by Gasteiger charge is -2.36. The van der Waals surface area contributed by atoms with Crippen molar-refractivity contribution < 1.29 is 4.79 Å². The van der Waals surface area contributed by atoms with Crippen molar-refractivity contribution in [3.63, 3.8) is 0 Å². The first-order valence-electron chi connectivity index (χ1n) is 7.75. The van der Waals surface area contributed by atoms with Gasteiger partial charge in [0.15, 0.2) is 0 Å². The van der Waals surface area contributed by atoms with E-state index in [0.717, 1.165) is 25.1 Å². The highest BCUT2D eigenvalue weighted by molar-refractivity contribution is 7.10. The lowest BCUT2D eigenvalue weighted by atomic mass is 9.98. The van der Waals surface area contributed by atoms with Crippen LogP contribution in [0.2, 0.25) is 0 Å². The summed E-state index contributed by atoms with van der Waals surface area (Å²) >= 11 is 1.80. The maximum atomic E-state index is 12.7. The van der Waals surface area contributed by atoms with Gasteiger partial charge >= 0.3 is 6.03 Å². The normalized spacial score (nSPS) is 18.6. The zero-order valence-electron chi connectivity index (χ0n) is 13.0. The molecule has 3 rings (SSSR count). The predicted octanol–water partition coefficient (Wildman–Crippen LogP) is 3.92. The van der Waals surface area contributed by atoms with Gasteiger partial charge in [0.05, 0.1) is 17.8 Å². The molecule has 0 saturated heterocycles. The molecule has 2 aromatic rings. The number of hydrogen-bond donors (Lipinski definition) is 1. The molecule has 1 aliphatic heterocycles. The summed E-state index contributed by atoms with van der Waals surface area (Å²) < 4.78 is 0. The fraction of sp³-hybridized carbons (Fsp3) is 0.412. The van der Waals surface area contributed by atoms with E-state index in [9.17, 15) is 4.79 Å². The molecule has 0 saturated carbocycles. The van der Waals surface area contributed by atoms with Crippen LogP contribution in [0.25, 0.3) is 0 Å². The molecule has 0 radical (unpaired) electrons. The first-order valence-corrected chi connectivity index (χ1v) is 8.63. The fourth-order valence-electron chi connectivity index (χ4n) is 3.05. The minimum absolute atomic E-state index is 0.00172. The highest BCUT2D eigenvalue weighted by Gasteiger charge is 2.30. The summed E-state index contributed by atoms with van der Waals surface area (Å²) in [6, 6.07) is 8.03. The van der Waals surface area contributed by atoms with Crippen molar-refractivity contribution >= 4 is 17.4 Å². The van der Waals surface area contributed by atoms with E-state index in [1.807, 2.05) is 30.0 Å². The minimum atomic E-state index is -0.0879. The Labute approximate surface area is 135 Å². The Kier molecular flexibility index (Phi) is 4.43. The zero-order chi connectivity index (χ0) is 15.5. The summed E-state index contributed by atoms with van der Waals surface area (Å²) in [7, 11) is 0. The van der Waals surface area contributed by atoms with Crippen molar-refractivity contribution in [3.8, 4) is 0 Å². The number of aromatic nitrogens is 1. The van der Waals surface area contributed by atoms with Crippen LogP contribution in [0.15, 0.2) is 35.8 Å². The quantitative estimate of drug-likeness (QED) is 0.933. The van der Waals surface area contributed by atoms with Gasteiger partial charge in [-0.15, -0.1) is 11.3 Å². The molecule has 5 heteroatoms. The fourth-order valence-corrected chi connectivity index (χ4v) is 3.98. The lowest BCUT2D eigenvalue weighted by molar-refractivity contribution is 0.165. The molecule has 0 aromatic carbocycles. The number of carbonyl (C=O) groups is 1. The first-order chi connectivity index (χ1) is 10.7. The number of nitrogens with one attached hydrogen (secondary N) is 1. The number of thiophene rings is 1. The Hall–Kier alpha value is -1.88. The molecule has 0 fully saturated rings. The van der Waals surface area contributed by atoms with Crippen molar-refractivity contribution in [3.05, 3.63) is 52.0 Å². The van der Waals surface area contributed by atoms with E-state index in [2.05, 4.69) is 28.7 Å². The van der Waals surface area contributed by atoms with Gasteiger partial charge in [0.1, 0.15) is 0 Å². The van der Waals surface area contributed by atoms with Crippen molar-refractivity contribution in [2.24, 2.45) is 0 Å². The van der Waals surface area contributed by atoms with Crippen LogP contribution < -0.4 is 5.32 Å². The molecule has 1 N–H and O–H groups in total. The number of carbonyl (C=O) groups excluding carboxylic acids is 1. The summed E-state index contributed by atoms with van der Waals surface area (Å²) in [5.41, 5.74) is 2.21. The summed E-state index contributed by atoms with van der Waals surface area (Å²) in [5, 5.41) is 5.21. The topological polar surface area (TPSA) is 45.2 Å². The zero-order valence-corrected chi connectivity index (χ0v) is 13.8. The largest absolute Gasteiger partial charge is 0.330 e. The average molecular weight is 315 g/mol. The first kappa shape index (κ1) is 15.0. The van der Waals surface area contributed by atoms with Crippen LogP contribution in [-0.2, 0) is 6.42 Å². The van der Waals surface area contributed by atoms with Gasteiger partial charge < -0.3 is 10.2 Å². The summed E-state index contributed by atoms with van der Waals surface area (Å²) in [6.45, 7) is 4.90. The highest BCUT2D eigenvalue weighted by atomic mass is 32.1. The second kappa shape index (κ2) is 6.48. The van der Waals surface area contributed by atoms with Gasteiger partial charge in [0, 0.05) is 17.6 Å². The second-order valence-corrected chi connectivity index (χ2v) is 6.59. The van der Waals surface area contributed by atoms with Crippen LogP contribution in [0.5, 0.6) is 0 Å². The van der Waals surface area contributed by atoms with Crippen molar-refractivity contribution in [2.45, 2.75) is 38.8 Å². The van der Waals surface area contributed by atoms with Crippen LogP contribution in [0.1, 0.15) is 48.5 Å². The van der Waals surface area contributed by atoms with Gasteiger partial charge in [0.2, 0.25) is 0 Å². The molecule has 2 aromatic heterocycles. The molecule has 22 heavy (non-hydrogen) atoms. The molecular formula is C17H21N3OS. The van der Waals surface area contributed by atoms with E-state index >= 15 is 0 Å². The number of amides is 2. The lowest BCUT2D eigenvalue weighted by Crippen LogP contribution is -2.45. The maximum Gasteiger partial charge on any atom is 0.318 e. The van der Waals surface area contributed by atoms with Crippen LogP contribution in [0.3, 0.4) is 0 Å². The molecule has 0 bridgehead atoms. The van der Waals surface area contributed by atoms with E-state index in [1.165, 1.54) is 10.4 Å². The highest BCUT2D eigenvalue weighted by Crippen LogP contribution is 2.35. The molecule has 0 spiro atoms. The maximum absolute atomic E-state index is 12.7. The van der Waals surface area contributed by atoms with Gasteiger partial charge in [-0.25, -0.2) is 4.79 Å². The van der Waals surface area contributed by atoms with Crippen LogP contribution in [0.4, 0.5) is 4.79 Å². The molecule has 2 amide bonds. The van der Waals surface area contributed by atoms with Gasteiger partial charge in [-0.3, -0.25) is 4.98 Å². The third-order valence-corrected chi connectivity index (χ3v) is 5.21. The molecular weight excluding hydrogens is 294 g/mol. The predicted molar refractivity (Wildman–Crippen MR) is 88.9 cm³/mol. The van der Waals surface area contributed by atoms with Crippen molar-refractivity contribution in [1.82, 2.24) is 15.2 Å². The number of pyridine rings is 1. The SMILES string of the molecule is CC[C@H]1c2ccsc2CCN1C(=O)N[C@@H](C)c1ccccn1. The number of rotatable bonds is 3. The molecule has 4 nitrogen and oxygen atoms in total. The second-order valence-electron chi connectivity index (χ2n) is 5.59. The summed E-state index contributed by atoms with van der Waals surface area (Å²) in [4.78, 5) is 20.4. The Morgan fingerprint density at radius 2 is 2.36 bits per heavy atom. The third-order valence-electron chi connectivity index (χ3n) is 4.21. The number of nitrogens with zero attached hydrogens (tertiary/aromatic N) is 2. The molecule has 116 valence electrons. The van der Waals surface area contributed by atoms with E-state index < -0.39 is 0 Å². The van der Waals surface area contributed by atoms with Crippen LogP contribution in [-0.4, -0.2) is 22.5 Å². The Bertz CT molecular complexity index is 640. The van der Waals surface area contributed by atoms with Crippen LogP contribution >= 0.6 is 11.3 Å². The van der Waals surface area contributed by atoms with Crippen molar-refractivity contribution in [1.29, 1.82) is 0 Å². The standard InChI is InChI=1S/C17H21N3OS/c1-3-15-13-8-11-22-16(13)7-10-20(15)17(21)19-12(2)14-6-4-5-9-18-14/h4-6,8-9,11-12,15H,3,7,10H2,1-2H3,(H,19,21)/t12-,15-/m0/s1. The Morgan fingerprint density at radius 3 is 3.09 bits per heavy atom. The molecule has 0 aliphatic carbocycles. The molecule has 2 atom stereocenters. The molecule has 1 aliphatic rings. The van der Waals surface area contributed by atoms with Gasteiger partial charge in [-0.2, -0.15) is 0 Å². The van der Waals surface area contributed by atoms with E-state index in [-0.39, 0.29) is 18.1 Å². The van der Waals surface area contributed by atoms with Crippen molar-refractivity contribution in [2.75, 3.05) is 6.54 Å². The van der Waals surface area contributed by atoms with E-state index in [4.69, 9.17) is 0 Å². The van der Waals surface area contributed by atoms with E-state index in [0.29, 0.717) is 0 Å². The third kappa shape index (κ3) is 2.86. The number of fused-ring (bicyclic) bond motifs is 1. The summed E-state index contributed by atoms with van der Waals surface area (Å²) in [5.74, 6) is 0. The molecule has 3 heterocycles.